The Morgan fingerprint density at radius 1 is 1.15 bits per heavy atom. The molecule has 0 saturated carbocycles. The summed E-state index contributed by atoms with van der Waals surface area (Å²) in [5, 5.41) is 11.2. The molecule has 2 aromatic heterocycles. The van der Waals surface area contributed by atoms with Crippen LogP contribution in [0.5, 0.6) is 11.5 Å². The van der Waals surface area contributed by atoms with E-state index >= 15 is 0 Å². The third-order valence-electron chi connectivity index (χ3n) is 6.47. The predicted octanol–water partition coefficient (Wildman–Crippen LogP) is 6.70. The molecule has 39 heavy (non-hydrogen) atoms. The molecule has 1 aliphatic rings. The van der Waals surface area contributed by atoms with Gasteiger partial charge in [-0.3, -0.25) is 14.5 Å². The van der Waals surface area contributed by atoms with E-state index in [-0.39, 0.29) is 16.5 Å². The van der Waals surface area contributed by atoms with E-state index in [1.54, 1.807) is 31.2 Å². The summed E-state index contributed by atoms with van der Waals surface area (Å²) in [5.41, 5.74) is 0.818. The highest BCUT2D eigenvalue weighted by molar-refractivity contribution is 7.22. The number of rotatable bonds is 10. The van der Waals surface area contributed by atoms with Gasteiger partial charge < -0.3 is 19.0 Å². The quantitative estimate of drug-likeness (QED) is 0.173. The lowest BCUT2D eigenvalue weighted by Crippen LogP contribution is -2.31. The van der Waals surface area contributed by atoms with Crippen molar-refractivity contribution in [2.45, 2.75) is 39.2 Å². The number of thiazole rings is 1. The number of methoxy groups -OCH3 is 1. The molecule has 1 unspecified atom stereocenters. The molecule has 1 aliphatic heterocycles. The van der Waals surface area contributed by atoms with Crippen LogP contribution < -0.4 is 14.4 Å². The second-order valence-corrected chi connectivity index (χ2v) is 10.2. The Morgan fingerprint density at radius 2 is 1.97 bits per heavy atom. The molecular formula is C29H27FN2O6S. The van der Waals surface area contributed by atoms with E-state index in [1.165, 1.54) is 36.3 Å². The summed E-state index contributed by atoms with van der Waals surface area (Å²) in [5.74, 6) is -1.15. The van der Waals surface area contributed by atoms with E-state index in [0.29, 0.717) is 39.6 Å². The molecule has 1 N–H and O–H groups in total. The Labute approximate surface area is 228 Å². The Hall–Kier alpha value is -4.18. The number of carbonyl (C=O) groups excluding carboxylic acids is 2. The first-order chi connectivity index (χ1) is 18.8. The van der Waals surface area contributed by atoms with Gasteiger partial charge in [0.05, 0.1) is 35.5 Å². The highest BCUT2D eigenvalue weighted by atomic mass is 32.1. The molecule has 0 spiro atoms. The summed E-state index contributed by atoms with van der Waals surface area (Å²) in [4.78, 5) is 32.8. The van der Waals surface area contributed by atoms with Crippen LogP contribution in [-0.4, -0.2) is 35.5 Å². The lowest BCUT2D eigenvalue weighted by atomic mass is 9.95. The Bertz CT molecular complexity index is 1590. The maximum absolute atomic E-state index is 13.9. The Kier molecular flexibility index (Phi) is 7.38. The average molecular weight is 551 g/mol. The van der Waals surface area contributed by atoms with Gasteiger partial charge in [0.1, 0.15) is 11.6 Å². The second-order valence-electron chi connectivity index (χ2n) is 9.15. The van der Waals surface area contributed by atoms with Gasteiger partial charge in [-0.1, -0.05) is 37.2 Å². The molecule has 0 saturated heterocycles. The molecule has 0 fully saturated rings. The number of hydrogen-bond donors (Lipinski definition) is 1. The maximum Gasteiger partial charge on any atom is 0.296 e. The van der Waals surface area contributed by atoms with Crippen LogP contribution >= 0.6 is 11.3 Å². The van der Waals surface area contributed by atoms with Crippen molar-refractivity contribution < 1.29 is 33.0 Å². The molecule has 0 aliphatic carbocycles. The van der Waals surface area contributed by atoms with Gasteiger partial charge in [-0.05, 0) is 61.4 Å². The number of hydrogen-bond acceptors (Lipinski definition) is 8. The van der Waals surface area contributed by atoms with Crippen LogP contribution in [0.3, 0.4) is 0 Å². The van der Waals surface area contributed by atoms with Crippen molar-refractivity contribution in [1.82, 2.24) is 4.98 Å². The molecule has 4 aromatic rings. The van der Waals surface area contributed by atoms with Crippen LogP contribution in [0.25, 0.3) is 10.2 Å². The summed E-state index contributed by atoms with van der Waals surface area (Å²) in [6, 6.07) is 11.3. The van der Waals surface area contributed by atoms with Crippen LogP contribution in [-0.2, 0) is 4.79 Å². The van der Waals surface area contributed by atoms with Crippen molar-refractivity contribution >= 4 is 38.4 Å². The number of amides is 1. The first-order valence-corrected chi connectivity index (χ1v) is 13.4. The number of nitrogens with zero attached hydrogens (tertiary/aromatic N) is 2. The summed E-state index contributed by atoms with van der Waals surface area (Å²) in [6.45, 7) is 4.32. The fourth-order valence-electron chi connectivity index (χ4n) is 4.54. The lowest BCUT2D eigenvalue weighted by Gasteiger charge is -2.25. The molecule has 1 amide bonds. The zero-order valence-electron chi connectivity index (χ0n) is 21.7. The van der Waals surface area contributed by atoms with Crippen molar-refractivity contribution in [2.24, 2.45) is 0 Å². The standard InChI is InChI=1S/C29H27FN2O6S/c1-4-5-6-13-37-20-12-8-17(14-22(20)36-3)25-24(26(33)21-11-7-16(2)38-21)27(34)28(35)32(25)29-31-19-10-9-18(30)15-23(19)39-29/h7-12,14-15,25,34H,4-6,13H2,1-3H3. The second kappa shape index (κ2) is 10.9. The van der Waals surface area contributed by atoms with E-state index in [9.17, 15) is 19.1 Å². The van der Waals surface area contributed by atoms with Gasteiger partial charge in [-0.25, -0.2) is 9.37 Å². The number of unbranched alkanes of at least 4 members (excludes halogenated alkanes) is 2. The summed E-state index contributed by atoms with van der Waals surface area (Å²) < 4.78 is 31.4. The average Bonchev–Trinajstić information content (AvgIpc) is 3.62. The highest BCUT2D eigenvalue weighted by Gasteiger charge is 2.46. The first kappa shape index (κ1) is 26.4. The van der Waals surface area contributed by atoms with Gasteiger partial charge in [0, 0.05) is 0 Å². The number of anilines is 1. The number of aromatic nitrogens is 1. The molecule has 1 atom stereocenters. The molecule has 3 heterocycles. The third-order valence-corrected chi connectivity index (χ3v) is 7.49. The molecule has 10 heteroatoms. The van der Waals surface area contributed by atoms with Gasteiger partial charge in [-0.2, -0.15) is 0 Å². The van der Waals surface area contributed by atoms with Crippen LogP contribution in [0.2, 0.25) is 0 Å². The summed E-state index contributed by atoms with van der Waals surface area (Å²) >= 11 is 1.08. The molecule has 2 aromatic carbocycles. The third kappa shape index (κ3) is 4.99. The zero-order valence-corrected chi connectivity index (χ0v) is 22.5. The van der Waals surface area contributed by atoms with E-state index in [4.69, 9.17) is 13.9 Å². The van der Waals surface area contributed by atoms with E-state index in [1.807, 2.05) is 0 Å². The number of fused-ring (bicyclic) bond motifs is 1. The van der Waals surface area contributed by atoms with Crippen LogP contribution in [0.1, 0.15) is 54.1 Å². The van der Waals surface area contributed by atoms with Crippen LogP contribution in [0.4, 0.5) is 9.52 Å². The fourth-order valence-corrected chi connectivity index (χ4v) is 5.55. The Balaban J connectivity index is 1.61. The largest absolute Gasteiger partial charge is 0.503 e. The van der Waals surface area contributed by atoms with Crippen LogP contribution in [0, 0.1) is 12.7 Å². The molecule has 8 nitrogen and oxygen atoms in total. The van der Waals surface area contributed by atoms with Crippen molar-refractivity contribution in [2.75, 3.05) is 18.6 Å². The van der Waals surface area contributed by atoms with Crippen molar-refractivity contribution in [1.29, 1.82) is 0 Å². The minimum absolute atomic E-state index is 0.0112. The van der Waals surface area contributed by atoms with Crippen molar-refractivity contribution in [3.05, 3.63) is 82.8 Å². The lowest BCUT2D eigenvalue weighted by molar-refractivity contribution is -0.117. The van der Waals surface area contributed by atoms with Crippen LogP contribution in [0.15, 0.2) is 64.3 Å². The number of ether oxygens (including phenoxy) is 2. The zero-order chi connectivity index (χ0) is 27.7. The molecule has 202 valence electrons. The van der Waals surface area contributed by atoms with Crippen molar-refractivity contribution in [3.63, 3.8) is 0 Å². The molecule has 0 bridgehead atoms. The monoisotopic (exact) mass is 550 g/mol. The Morgan fingerprint density at radius 3 is 2.69 bits per heavy atom. The van der Waals surface area contributed by atoms with Gasteiger partial charge in [0.15, 0.2) is 28.1 Å². The first-order valence-electron chi connectivity index (χ1n) is 12.6. The number of furan rings is 1. The van der Waals surface area contributed by atoms with E-state index in [0.717, 1.165) is 30.6 Å². The summed E-state index contributed by atoms with van der Waals surface area (Å²) in [6.07, 6.45) is 2.99. The number of benzene rings is 2. The minimum Gasteiger partial charge on any atom is -0.503 e. The van der Waals surface area contributed by atoms with Gasteiger partial charge >= 0.3 is 0 Å². The minimum atomic E-state index is -1.05. The van der Waals surface area contributed by atoms with Gasteiger partial charge in [0.2, 0.25) is 5.78 Å². The number of ketones is 1. The number of carbonyl (C=O) groups is 2. The van der Waals surface area contributed by atoms with Gasteiger partial charge in [-0.15, -0.1) is 0 Å². The fraction of sp³-hybridized carbons (Fsp3) is 0.276. The summed E-state index contributed by atoms with van der Waals surface area (Å²) in [7, 11) is 1.50. The number of aliphatic hydroxyl groups excluding tert-OH is 1. The number of halogens is 1. The SMILES string of the molecule is CCCCCOc1ccc(C2C(C(=O)c3ccc(C)o3)=C(O)C(=O)N2c2nc3ccc(F)cc3s2)cc1OC. The smallest absolute Gasteiger partial charge is 0.296 e. The number of aryl methyl sites for hydroxylation is 1. The molecule has 5 rings (SSSR count). The van der Waals surface area contributed by atoms with Crippen molar-refractivity contribution in [3.8, 4) is 11.5 Å². The highest BCUT2D eigenvalue weighted by Crippen LogP contribution is 2.46. The normalized spacial score (nSPS) is 15.4. The van der Waals surface area contributed by atoms with E-state index < -0.39 is 29.3 Å². The van der Waals surface area contributed by atoms with E-state index in [2.05, 4.69) is 11.9 Å². The number of aliphatic hydroxyl groups is 1. The van der Waals surface area contributed by atoms with Gasteiger partial charge in [0.25, 0.3) is 5.91 Å². The topological polar surface area (TPSA) is 102 Å². The predicted molar refractivity (Wildman–Crippen MR) is 145 cm³/mol. The maximum atomic E-state index is 13.9. The molecular weight excluding hydrogens is 523 g/mol. The molecule has 0 radical (unpaired) electrons. The number of Topliss-reactive ketones (excluding diaryl/α,β-unsaturated/α-hetero) is 1.